The van der Waals surface area contributed by atoms with Crippen LogP contribution in [0, 0.1) is 13.8 Å². The normalized spacial score (nSPS) is 11.4. The topological polar surface area (TPSA) is 104 Å². The molecule has 1 amide bonds. The van der Waals surface area contributed by atoms with Crippen molar-refractivity contribution < 1.29 is 13.2 Å². The van der Waals surface area contributed by atoms with E-state index in [9.17, 15) is 13.2 Å². The Morgan fingerprint density at radius 3 is 2.24 bits per heavy atom. The highest BCUT2D eigenvalue weighted by atomic mass is 32.2. The molecule has 0 radical (unpaired) electrons. The largest absolute Gasteiger partial charge is 0.351 e. The molecule has 0 saturated heterocycles. The molecular weight excluding hydrogens is 388 g/mol. The Morgan fingerprint density at radius 2 is 1.59 bits per heavy atom. The third-order valence-corrected chi connectivity index (χ3v) is 5.91. The highest BCUT2D eigenvalue weighted by Gasteiger charge is 2.13. The number of benzene rings is 2. The fraction of sp³-hybridized carbons (Fsp3) is 0.238. The first-order valence-electron chi connectivity index (χ1n) is 9.32. The molecule has 1 aromatic heterocycles. The molecule has 29 heavy (non-hydrogen) atoms. The van der Waals surface area contributed by atoms with Gasteiger partial charge in [0, 0.05) is 18.7 Å². The fourth-order valence-electron chi connectivity index (χ4n) is 2.70. The number of sulfonamides is 1. The van der Waals surface area contributed by atoms with Gasteiger partial charge in [0.2, 0.25) is 10.0 Å². The van der Waals surface area contributed by atoms with Gasteiger partial charge in [-0.15, -0.1) is 0 Å². The van der Waals surface area contributed by atoms with Gasteiger partial charge in [0.15, 0.2) is 0 Å². The molecule has 0 aliphatic carbocycles. The number of hydrogen-bond donors (Lipinski definition) is 3. The van der Waals surface area contributed by atoms with Gasteiger partial charge in [0.05, 0.1) is 10.6 Å². The fourth-order valence-corrected chi connectivity index (χ4v) is 3.78. The number of aryl methyl sites for hydroxylation is 2. The second kappa shape index (κ2) is 9.02. The van der Waals surface area contributed by atoms with E-state index in [1.165, 1.54) is 0 Å². The van der Waals surface area contributed by atoms with Crippen LogP contribution in [0.3, 0.4) is 0 Å². The second-order valence-electron chi connectivity index (χ2n) is 6.85. The number of H-pyrrole nitrogens is 1. The molecule has 0 bridgehead atoms. The van der Waals surface area contributed by atoms with Crippen LogP contribution in [-0.2, 0) is 10.0 Å². The predicted molar refractivity (Wildman–Crippen MR) is 112 cm³/mol. The van der Waals surface area contributed by atoms with E-state index >= 15 is 0 Å². The maximum atomic E-state index is 12.2. The summed E-state index contributed by atoms with van der Waals surface area (Å²) in [5.41, 5.74) is 4.13. The summed E-state index contributed by atoms with van der Waals surface area (Å²) in [5.74, 6) is -0.280. The Bertz CT molecular complexity index is 1070. The Morgan fingerprint density at radius 1 is 0.966 bits per heavy atom. The summed E-state index contributed by atoms with van der Waals surface area (Å²) in [6.45, 7) is 4.48. The molecule has 1 heterocycles. The Labute approximate surface area is 170 Å². The van der Waals surface area contributed by atoms with Crippen molar-refractivity contribution in [1.29, 1.82) is 0 Å². The number of rotatable bonds is 8. The van der Waals surface area contributed by atoms with Gasteiger partial charge in [-0.05, 0) is 38.5 Å². The molecule has 0 saturated carbocycles. The third-order valence-electron chi connectivity index (χ3n) is 4.43. The molecule has 3 N–H and O–H groups in total. The number of aromatic nitrogens is 2. The van der Waals surface area contributed by atoms with Gasteiger partial charge >= 0.3 is 0 Å². The molecule has 2 aromatic carbocycles. The van der Waals surface area contributed by atoms with Gasteiger partial charge in [-0.3, -0.25) is 9.89 Å². The number of nitrogens with one attached hydrogen (secondary N) is 3. The minimum Gasteiger partial charge on any atom is -0.351 e. The average molecular weight is 413 g/mol. The maximum Gasteiger partial charge on any atom is 0.269 e. The van der Waals surface area contributed by atoms with Crippen molar-refractivity contribution >= 4 is 15.9 Å². The second-order valence-corrected chi connectivity index (χ2v) is 8.62. The molecule has 0 fully saturated rings. The molecular formula is C21H24N4O3S. The summed E-state index contributed by atoms with van der Waals surface area (Å²) >= 11 is 0. The number of aromatic amines is 1. The quantitative estimate of drug-likeness (QED) is 0.495. The van der Waals surface area contributed by atoms with Crippen molar-refractivity contribution in [3.8, 4) is 11.3 Å². The minimum absolute atomic E-state index is 0.230. The van der Waals surface area contributed by atoms with Crippen LogP contribution in [0.2, 0.25) is 0 Å². The summed E-state index contributed by atoms with van der Waals surface area (Å²) in [4.78, 5) is 12.5. The predicted octanol–water partition coefficient (Wildman–Crippen LogP) is 2.79. The lowest BCUT2D eigenvalue weighted by molar-refractivity contribution is 0.0948. The van der Waals surface area contributed by atoms with Crippen LogP contribution in [0.15, 0.2) is 59.5 Å². The van der Waals surface area contributed by atoms with Gasteiger partial charge in [-0.1, -0.05) is 47.5 Å². The summed E-state index contributed by atoms with van der Waals surface area (Å²) in [7, 11) is -3.54. The van der Waals surface area contributed by atoms with Crippen molar-refractivity contribution in [3.63, 3.8) is 0 Å². The molecule has 3 rings (SSSR count). The van der Waals surface area contributed by atoms with Crippen molar-refractivity contribution in [2.45, 2.75) is 25.2 Å². The first kappa shape index (κ1) is 20.8. The van der Waals surface area contributed by atoms with E-state index in [1.54, 1.807) is 30.3 Å². The zero-order valence-electron chi connectivity index (χ0n) is 16.4. The van der Waals surface area contributed by atoms with Crippen LogP contribution < -0.4 is 10.0 Å². The van der Waals surface area contributed by atoms with Crippen LogP contribution >= 0.6 is 0 Å². The number of nitrogens with zero attached hydrogens (tertiary/aromatic N) is 1. The molecule has 152 valence electrons. The molecule has 0 aliphatic rings. The lowest BCUT2D eigenvalue weighted by Crippen LogP contribution is -2.30. The number of amides is 1. The van der Waals surface area contributed by atoms with Crippen LogP contribution in [0.1, 0.15) is 28.0 Å². The van der Waals surface area contributed by atoms with Crippen LogP contribution in [-0.4, -0.2) is 37.6 Å². The third kappa shape index (κ3) is 5.52. The molecule has 0 unspecified atom stereocenters. The lowest BCUT2D eigenvalue weighted by atomic mass is 10.1. The highest BCUT2D eigenvalue weighted by molar-refractivity contribution is 7.89. The van der Waals surface area contributed by atoms with E-state index in [-0.39, 0.29) is 17.3 Å². The summed E-state index contributed by atoms with van der Waals surface area (Å²) in [5, 5.41) is 9.67. The first-order valence-corrected chi connectivity index (χ1v) is 10.8. The van der Waals surface area contributed by atoms with E-state index < -0.39 is 10.0 Å². The molecule has 3 aromatic rings. The van der Waals surface area contributed by atoms with Crippen LogP contribution in [0.4, 0.5) is 0 Å². The Kier molecular flexibility index (Phi) is 6.46. The zero-order chi connectivity index (χ0) is 20.9. The Hall–Kier alpha value is -2.97. The van der Waals surface area contributed by atoms with E-state index in [4.69, 9.17) is 0 Å². The van der Waals surface area contributed by atoms with Crippen LogP contribution in [0.5, 0.6) is 0 Å². The maximum absolute atomic E-state index is 12.2. The summed E-state index contributed by atoms with van der Waals surface area (Å²) in [6, 6.07) is 16.2. The van der Waals surface area contributed by atoms with Gasteiger partial charge in [-0.25, -0.2) is 13.1 Å². The molecule has 0 atom stereocenters. The molecule has 0 aliphatic heterocycles. The highest BCUT2D eigenvalue weighted by Crippen LogP contribution is 2.18. The van der Waals surface area contributed by atoms with Crippen molar-refractivity contribution in [1.82, 2.24) is 20.2 Å². The van der Waals surface area contributed by atoms with Gasteiger partial charge in [0.1, 0.15) is 5.69 Å². The van der Waals surface area contributed by atoms with E-state index in [2.05, 4.69) is 20.2 Å². The summed E-state index contributed by atoms with van der Waals surface area (Å²) in [6.07, 6.45) is 0.468. The minimum atomic E-state index is -3.54. The van der Waals surface area contributed by atoms with Crippen LogP contribution in [0.25, 0.3) is 11.3 Å². The number of carbonyl (C=O) groups excluding carboxylic acids is 1. The van der Waals surface area contributed by atoms with Gasteiger partial charge in [0.25, 0.3) is 5.91 Å². The van der Waals surface area contributed by atoms with Crippen molar-refractivity contribution in [3.05, 3.63) is 71.4 Å². The molecule has 8 heteroatoms. The van der Waals surface area contributed by atoms with Gasteiger partial charge < -0.3 is 5.32 Å². The smallest absolute Gasteiger partial charge is 0.269 e. The molecule has 0 spiro atoms. The SMILES string of the molecule is Cc1ccc(-c2cc(C(=O)NCCCNS(=O)(=O)c3ccc(C)cc3)[nH]n2)cc1. The standard InChI is InChI=1S/C21H24N4O3S/c1-15-4-8-17(9-5-15)19-14-20(25-24-19)21(26)22-12-3-13-23-29(27,28)18-10-6-16(2)7-11-18/h4-11,14,23H,3,12-13H2,1-2H3,(H,22,26)(H,24,25). The average Bonchev–Trinajstić information content (AvgIpc) is 3.19. The number of carbonyl (C=O) groups is 1. The first-order chi connectivity index (χ1) is 13.8. The van der Waals surface area contributed by atoms with Crippen molar-refractivity contribution in [2.75, 3.05) is 13.1 Å². The zero-order valence-corrected chi connectivity index (χ0v) is 17.2. The van der Waals surface area contributed by atoms with E-state index in [0.29, 0.717) is 24.4 Å². The summed E-state index contributed by atoms with van der Waals surface area (Å²) < 4.78 is 27.0. The lowest BCUT2D eigenvalue weighted by Gasteiger charge is -2.07. The molecule has 7 nitrogen and oxygen atoms in total. The van der Waals surface area contributed by atoms with Gasteiger partial charge in [-0.2, -0.15) is 5.10 Å². The van der Waals surface area contributed by atoms with Crippen molar-refractivity contribution in [2.24, 2.45) is 0 Å². The monoisotopic (exact) mass is 412 g/mol. The number of hydrogen-bond acceptors (Lipinski definition) is 4. The Balaban J connectivity index is 1.45. The van der Waals surface area contributed by atoms with E-state index in [1.807, 2.05) is 38.1 Å². The van der Waals surface area contributed by atoms with E-state index in [0.717, 1.165) is 16.7 Å².